The Morgan fingerprint density at radius 3 is 2.71 bits per heavy atom. The highest BCUT2D eigenvalue weighted by atomic mass is 16.1. The van der Waals surface area contributed by atoms with Gasteiger partial charge in [0.1, 0.15) is 17.3 Å². The summed E-state index contributed by atoms with van der Waals surface area (Å²) in [4.78, 5) is 21.2. The van der Waals surface area contributed by atoms with Crippen LogP contribution in [0, 0.1) is 6.92 Å². The van der Waals surface area contributed by atoms with Crippen LogP contribution in [0.25, 0.3) is 0 Å². The van der Waals surface area contributed by atoms with E-state index in [1.807, 2.05) is 13.0 Å². The molecule has 1 heterocycles. The van der Waals surface area contributed by atoms with Gasteiger partial charge in [0.25, 0.3) is 5.91 Å². The first-order chi connectivity index (χ1) is 13.7. The van der Waals surface area contributed by atoms with Gasteiger partial charge in [0.2, 0.25) is 0 Å². The maximum Gasteiger partial charge on any atom is 0.270 e. The van der Waals surface area contributed by atoms with Crippen molar-refractivity contribution < 1.29 is 4.79 Å². The number of aromatic nitrogens is 2. The van der Waals surface area contributed by atoms with E-state index in [2.05, 4.69) is 50.9 Å². The van der Waals surface area contributed by atoms with Gasteiger partial charge in [-0.05, 0) is 57.4 Å². The fourth-order valence-corrected chi connectivity index (χ4v) is 3.49. The van der Waals surface area contributed by atoms with Gasteiger partial charge < -0.3 is 10.6 Å². The Kier molecular flexibility index (Phi) is 7.59. The lowest BCUT2D eigenvalue weighted by molar-refractivity contribution is 0.0948. The van der Waals surface area contributed by atoms with Gasteiger partial charge in [0, 0.05) is 19.2 Å². The Hall–Kier alpha value is -2.69. The van der Waals surface area contributed by atoms with Crippen LogP contribution in [0.5, 0.6) is 0 Å². The van der Waals surface area contributed by atoms with Crippen molar-refractivity contribution in [1.82, 2.24) is 15.3 Å². The summed E-state index contributed by atoms with van der Waals surface area (Å²) < 4.78 is 0. The summed E-state index contributed by atoms with van der Waals surface area (Å²) in [6.45, 7) is 3.28. The summed E-state index contributed by atoms with van der Waals surface area (Å²) in [6.07, 6.45) is 10.2. The Morgan fingerprint density at radius 1 is 1.07 bits per heavy atom. The zero-order chi connectivity index (χ0) is 19.6. The van der Waals surface area contributed by atoms with Gasteiger partial charge in [-0.25, -0.2) is 9.97 Å². The molecule has 0 saturated carbocycles. The van der Waals surface area contributed by atoms with Crippen molar-refractivity contribution in [2.45, 2.75) is 51.9 Å². The third kappa shape index (κ3) is 6.48. The number of aryl methyl sites for hydroxylation is 2. The van der Waals surface area contributed by atoms with Gasteiger partial charge in [0.05, 0.1) is 0 Å². The molecule has 0 spiro atoms. The van der Waals surface area contributed by atoms with Crippen molar-refractivity contribution in [2.24, 2.45) is 0 Å². The minimum absolute atomic E-state index is 0.130. The highest BCUT2D eigenvalue weighted by Crippen LogP contribution is 2.19. The van der Waals surface area contributed by atoms with Crippen LogP contribution in [0.4, 0.5) is 5.82 Å². The summed E-state index contributed by atoms with van der Waals surface area (Å²) >= 11 is 0. The minimum Gasteiger partial charge on any atom is -0.370 e. The predicted octanol–water partition coefficient (Wildman–Crippen LogP) is 4.45. The summed E-state index contributed by atoms with van der Waals surface area (Å²) in [5.74, 6) is 1.18. The molecule has 1 aliphatic rings. The maximum absolute atomic E-state index is 12.5. The van der Waals surface area contributed by atoms with Crippen molar-refractivity contribution in [3.8, 4) is 0 Å². The summed E-state index contributed by atoms with van der Waals surface area (Å²) in [7, 11) is 0. The van der Waals surface area contributed by atoms with Gasteiger partial charge >= 0.3 is 0 Å². The molecule has 28 heavy (non-hydrogen) atoms. The SMILES string of the molecule is Cc1nc(NCCCc2ccccc2)cc(C(=O)NCCC2=CCCCC2)n1. The van der Waals surface area contributed by atoms with Gasteiger partial charge in [-0.3, -0.25) is 4.79 Å². The second-order valence-corrected chi connectivity index (χ2v) is 7.32. The lowest BCUT2D eigenvalue weighted by Crippen LogP contribution is -2.26. The molecule has 148 valence electrons. The van der Waals surface area contributed by atoms with Gasteiger partial charge in [-0.15, -0.1) is 0 Å². The van der Waals surface area contributed by atoms with E-state index in [0.717, 1.165) is 25.8 Å². The first kappa shape index (κ1) is 20.1. The maximum atomic E-state index is 12.5. The van der Waals surface area contributed by atoms with E-state index in [1.54, 1.807) is 6.07 Å². The molecule has 1 amide bonds. The average molecular weight is 379 g/mol. The fraction of sp³-hybridized carbons (Fsp3) is 0.435. The molecule has 0 atom stereocenters. The van der Waals surface area contributed by atoms with Gasteiger partial charge in [0.15, 0.2) is 0 Å². The largest absolute Gasteiger partial charge is 0.370 e. The summed E-state index contributed by atoms with van der Waals surface area (Å²) in [5.41, 5.74) is 3.22. The molecular weight excluding hydrogens is 348 g/mol. The van der Waals surface area contributed by atoms with Crippen LogP contribution >= 0.6 is 0 Å². The molecule has 3 rings (SSSR count). The van der Waals surface area contributed by atoms with Crippen LogP contribution in [0.15, 0.2) is 48.0 Å². The fourth-order valence-electron chi connectivity index (χ4n) is 3.49. The molecule has 1 aromatic heterocycles. The Balaban J connectivity index is 1.46. The van der Waals surface area contributed by atoms with E-state index in [-0.39, 0.29) is 5.91 Å². The van der Waals surface area contributed by atoms with Crippen LogP contribution in [0.3, 0.4) is 0 Å². The molecule has 0 bridgehead atoms. The number of anilines is 1. The molecule has 0 aliphatic heterocycles. The number of nitrogens with one attached hydrogen (secondary N) is 2. The van der Waals surface area contributed by atoms with Gasteiger partial charge in [-0.2, -0.15) is 0 Å². The van der Waals surface area contributed by atoms with Crippen molar-refractivity contribution in [2.75, 3.05) is 18.4 Å². The summed E-state index contributed by atoms with van der Waals surface area (Å²) in [5, 5.41) is 6.31. The Bertz CT molecular complexity index is 802. The molecule has 0 fully saturated rings. The summed E-state index contributed by atoms with van der Waals surface area (Å²) in [6, 6.07) is 12.2. The van der Waals surface area contributed by atoms with Crippen LogP contribution in [0.2, 0.25) is 0 Å². The van der Waals surface area contributed by atoms with E-state index in [9.17, 15) is 4.79 Å². The van der Waals surface area contributed by atoms with Crippen LogP contribution < -0.4 is 10.6 Å². The van der Waals surface area contributed by atoms with E-state index < -0.39 is 0 Å². The second kappa shape index (κ2) is 10.6. The number of hydrogen-bond acceptors (Lipinski definition) is 4. The van der Waals surface area contributed by atoms with Crippen molar-refractivity contribution >= 4 is 11.7 Å². The quantitative estimate of drug-likeness (QED) is 0.500. The number of rotatable bonds is 9. The van der Waals surface area contributed by atoms with Crippen LogP contribution in [0.1, 0.15) is 60.4 Å². The molecule has 5 nitrogen and oxygen atoms in total. The predicted molar refractivity (Wildman–Crippen MR) is 114 cm³/mol. The Morgan fingerprint density at radius 2 is 1.93 bits per heavy atom. The smallest absolute Gasteiger partial charge is 0.270 e. The minimum atomic E-state index is -0.130. The number of benzene rings is 1. The molecule has 0 saturated heterocycles. The molecule has 2 N–H and O–H groups in total. The van der Waals surface area contributed by atoms with Gasteiger partial charge in [-0.1, -0.05) is 42.0 Å². The Labute approximate surface area is 167 Å². The second-order valence-electron chi connectivity index (χ2n) is 7.32. The standard InChI is InChI=1S/C23H30N4O/c1-18-26-21(23(28)25-16-14-20-11-6-3-7-12-20)17-22(27-18)24-15-8-13-19-9-4-2-5-10-19/h2,4-5,9-11,17H,3,6-8,12-16H2,1H3,(H,25,28)(H,24,26,27). The molecule has 0 radical (unpaired) electrons. The van der Waals surface area contributed by atoms with E-state index >= 15 is 0 Å². The lowest BCUT2D eigenvalue weighted by Gasteiger charge is -2.13. The number of carbonyl (C=O) groups excluding carboxylic acids is 1. The number of allylic oxidation sites excluding steroid dienone is 1. The topological polar surface area (TPSA) is 66.9 Å². The monoisotopic (exact) mass is 378 g/mol. The average Bonchev–Trinajstić information content (AvgIpc) is 2.72. The zero-order valence-electron chi connectivity index (χ0n) is 16.7. The van der Waals surface area contributed by atoms with Crippen LogP contribution in [-0.2, 0) is 6.42 Å². The molecule has 2 aromatic rings. The highest BCUT2D eigenvalue weighted by Gasteiger charge is 2.11. The zero-order valence-corrected chi connectivity index (χ0v) is 16.7. The van der Waals surface area contributed by atoms with E-state index in [1.165, 1.54) is 36.8 Å². The van der Waals surface area contributed by atoms with Crippen molar-refractivity contribution in [3.63, 3.8) is 0 Å². The van der Waals surface area contributed by atoms with Crippen molar-refractivity contribution in [1.29, 1.82) is 0 Å². The number of hydrogen-bond donors (Lipinski definition) is 2. The number of amides is 1. The molecule has 1 aromatic carbocycles. The van der Waals surface area contributed by atoms with E-state index in [0.29, 0.717) is 23.9 Å². The molecule has 5 heteroatoms. The third-order valence-electron chi connectivity index (χ3n) is 4.98. The molecule has 1 aliphatic carbocycles. The molecule has 0 unspecified atom stereocenters. The first-order valence-electron chi connectivity index (χ1n) is 10.3. The van der Waals surface area contributed by atoms with Crippen LogP contribution in [-0.4, -0.2) is 29.0 Å². The molecular formula is C23H30N4O. The van der Waals surface area contributed by atoms with E-state index in [4.69, 9.17) is 0 Å². The first-order valence-corrected chi connectivity index (χ1v) is 10.3. The normalized spacial score (nSPS) is 13.7. The number of carbonyl (C=O) groups is 1. The number of nitrogens with zero attached hydrogens (tertiary/aromatic N) is 2. The van der Waals surface area contributed by atoms with Crippen molar-refractivity contribution in [3.05, 3.63) is 65.1 Å². The third-order valence-corrected chi connectivity index (χ3v) is 4.98. The lowest BCUT2D eigenvalue weighted by atomic mass is 9.97. The highest BCUT2D eigenvalue weighted by molar-refractivity contribution is 5.92.